The summed E-state index contributed by atoms with van der Waals surface area (Å²) < 4.78 is 38.4. The number of nitrogens with one attached hydrogen (secondary N) is 1. The molecule has 3 rings (SSSR count). The van der Waals surface area contributed by atoms with Crippen LogP contribution in [0.1, 0.15) is 5.56 Å². The van der Waals surface area contributed by atoms with Crippen LogP contribution in [0.15, 0.2) is 83.8 Å². The minimum atomic E-state index is -3.92. The Hall–Kier alpha value is -3.52. The van der Waals surface area contributed by atoms with E-state index in [0.717, 1.165) is 15.6 Å². The number of aryl methyl sites for hydroxylation is 1. The molecule has 0 spiro atoms. The molecule has 7 nitrogen and oxygen atoms in total. The quantitative estimate of drug-likeness (QED) is 0.475. The van der Waals surface area contributed by atoms with Crippen LogP contribution in [-0.4, -0.2) is 41.1 Å². The Morgan fingerprint density at radius 3 is 2.19 bits per heavy atom. The van der Waals surface area contributed by atoms with Crippen molar-refractivity contribution >= 4 is 21.6 Å². The number of rotatable bonds is 10. The van der Waals surface area contributed by atoms with E-state index in [-0.39, 0.29) is 24.6 Å². The molecule has 0 bridgehead atoms. The first-order valence-electron chi connectivity index (χ1n) is 10.1. The van der Waals surface area contributed by atoms with Gasteiger partial charge in [-0.1, -0.05) is 36.4 Å². The van der Waals surface area contributed by atoms with Crippen LogP contribution in [0.25, 0.3) is 0 Å². The van der Waals surface area contributed by atoms with Crippen LogP contribution in [0.2, 0.25) is 0 Å². The van der Waals surface area contributed by atoms with Crippen molar-refractivity contribution < 1.29 is 22.7 Å². The van der Waals surface area contributed by atoms with Gasteiger partial charge in [-0.2, -0.15) is 0 Å². The molecule has 0 aliphatic carbocycles. The van der Waals surface area contributed by atoms with E-state index in [1.165, 1.54) is 12.1 Å². The maximum absolute atomic E-state index is 13.3. The van der Waals surface area contributed by atoms with Gasteiger partial charge in [0.2, 0.25) is 5.91 Å². The second-order valence-electron chi connectivity index (χ2n) is 6.99. The van der Waals surface area contributed by atoms with Crippen molar-refractivity contribution in [1.29, 1.82) is 0 Å². The summed E-state index contributed by atoms with van der Waals surface area (Å²) >= 11 is 0. The molecule has 3 aromatic rings. The van der Waals surface area contributed by atoms with Gasteiger partial charge in [0.25, 0.3) is 10.0 Å². The molecule has 0 aliphatic heterocycles. The molecule has 32 heavy (non-hydrogen) atoms. The molecule has 1 N–H and O–H groups in total. The number of sulfonamides is 1. The SMILES string of the molecule is COc1ccc(OCCNC(=O)CN(c2ccccc2C)S(=O)(=O)c2ccccc2)cc1. The van der Waals surface area contributed by atoms with Crippen LogP contribution >= 0.6 is 0 Å². The molecule has 8 heteroatoms. The van der Waals surface area contributed by atoms with Gasteiger partial charge in [-0.25, -0.2) is 8.42 Å². The lowest BCUT2D eigenvalue weighted by Gasteiger charge is -2.25. The summed E-state index contributed by atoms with van der Waals surface area (Å²) in [5.41, 5.74) is 1.21. The number of benzene rings is 3. The molecule has 0 atom stereocenters. The third-order valence-electron chi connectivity index (χ3n) is 4.75. The minimum absolute atomic E-state index is 0.124. The fourth-order valence-corrected chi connectivity index (χ4v) is 4.59. The zero-order valence-corrected chi connectivity index (χ0v) is 18.8. The van der Waals surface area contributed by atoms with Crippen LogP contribution in [0.4, 0.5) is 5.69 Å². The van der Waals surface area contributed by atoms with Crippen LogP contribution in [0.5, 0.6) is 11.5 Å². The Balaban J connectivity index is 1.67. The lowest BCUT2D eigenvalue weighted by Crippen LogP contribution is -2.42. The standard InChI is InChI=1S/C24H26N2O5S/c1-19-8-6-7-11-23(19)26(32(28,29)22-9-4-3-5-10-22)18-24(27)25-16-17-31-21-14-12-20(30-2)13-15-21/h3-15H,16-18H2,1-2H3,(H,25,27). The normalized spacial score (nSPS) is 10.9. The van der Waals surface area contributed by atoms with Crippen molar-refractivity contribution in [1.82, 2.24) is 5.32 Å². The van der Waals surface area contributed by atoms with E-state index in [0.29, 0.717) is 11.4 Å². The summed E-state index contributed by atoms with van der Waals surface area (Å²) in [6, 6.07) is 22.2. The van der Waals surface area contributed by atoms with Crippen LogP contribution < -0.4 is 19.1 Å². The molecule has 0 unspecified atom stereocenters. The van der Waals surface area contributed by atoms with Gasteiger partial charge in [-0.3, -0.25) is 9.10 Å². The number of hydrogen-bond donors (Lipinski definition) is 1. The van der Waals surface area contributed by atoms with E-state index in [1.54, 1.807) is 61.7 Å². The van der Waals surface area contributed by atoms with Gasteiger partial charge in [0, 0.05) is 0 Å². The number of carbonyl (C=O) groups is 1. The molecule has 0 aromatic heterocycles. The maximum Gasteiger partial charge on any atom is 0.264 e. The van der Waals surface area contributed by atoms with E-state index in [1.807, 2.05) is 19.1 Å². The third kappa shape index (κ3) is 5.79. The lowest BCUT2D eigenvalue weighted by atomic mass is 10.2. The predicted octanol–water partition coefficient (Wildman–Crippen LogP) is 3.39. The Morgan fingerprint density at radius 2 is 1.53 bits per heavy atom. The van der Waals surface area contributed by atoms with Gasteiger partial charge in [0.05, 0.1) is 24.2 Å². The molecule has 168 valence electrons. The summed E-state index contributed by atoms with van der Waals surface area (Å²) in [6.07, 6.45) is 0. The van der Waals surface area contributed by atoms with Crippen molar-refractivity contribution in [3.8, 4) is 11.5 Å². The van der Waals surface area contributed by atoms with Gasteiger partial charge in [-0.15, -0.1) is 0 Å². The monoisotopic (exact) mass is 454 g/mol. The molecule has 0 radical (unpaired) electrons. The number of amides is 1. The third-order valence-corrected chi connectivity index (χ3v) is 6.53. The lowest BCUT2D eigenvalue weighted by molar-refractivity contribution is -0.119. The number of methoxy groups -OCH3 is 1. The first-order valence-corrected chi connectivity index (χ1v) is 11.5. The average Bonchev–Trinajstić information content (AvgIpc) is 2.82. The van der Waals surface area contributed by atoms with E-state index >= 15 is 0 Å². The van der Waals surface area contributed by atoms with Crippen LogP contribution in [0, 0.1) is 6.92 Å². The molecule has 0 saturated heterocycles. The van der Waals surface area contributed by atoms with Gasteiger partial charge in [-0.05, 0) is 55.0 Å². The molecular weight excluding hydrogens is 428 g/mol. The number of carbonyl (C=O) groups excluding carboxylic acids is 1. The van der Waals surface area contributed by atoms with Crippen LogP contribution in [-0.2, 0) is 14.8 Å². The number of nitrogens with zero attached hydrogens (tertiary/aromatic N) is 1. The molecule has 3 aromatic carbocycles. The molecule has 0 aliphatic rings. The highest BCUT2D eigenvalue weighted by Crippen LogP contribution is 2.26. The van der Waals surface area contributed by atoms with E-state index < -0.39 is 15.9 Å². The zero-order valence-electron chi connectivity index (χ0n) is 18.0. The Labute approximate surface area is 188 Å². The smallest absolute Gasteiger partial charge is 0.264 e. The Bertz CT molecular complexity index is 1130. The fraction of sp³-hybridized carbons (Fsp3) is 0.208. The predicted molar refractivity (Wildman–Crippen MR) is 124 cm³/mol. The van der Waals surface area contributed by atoms with Crippen molar-refractivity contribution in [2.75, 3.05) is 31.1 Å². The van der Waals surface area contributed by atoms with Gasteiger partial charge in [0.15, 0.2) is 0 Å². The molecule has 0 saturated carbocycles. The Kier molecular flexibility index (Phi) is 7.72. The van der Waals surface area contributed by atoms with E-state index in [2.05, 4.69) is 5.32 Å². The van der Waals surface area contributed by atoms with Crippen molar-refractivity contribution in [3.05, 3.63) is 84.4 Å². The highest BCUT2D eigenvalue weighted by molar-refractivity contribution is 7.92. The number of anilines is 1. The average molecular weight is 455 g/mol. The summed E-state index contributed by atoms with van der Waals surface area (Å²) in [6.45, 7) is 1.94. The number of ether oxygens (including phenoxy) is 2. The largest absolute Gasteiger partial charge is 0.497 e. The molecule has 0 heterocycles. The maximum atomic E-state index is 13.3. The second kappa shape index (κ2) is 10.7. The summed E-state index contributed by atoms with van der Waals surface area (Å²) in [5, 5.41) is 2.72. The summed E-state index contributed by atoms with van der Waals surface area (Å²) in [7, 11) is -2.34. The van der Waals surface area contributed by atoms with E-state index in [4.69, 9.17) is 9.47 Å². The first-order chi connectivity index (χ1) is 15.4. The topological polar surface area (TPSA) is 84.9 Å². The number of para-hydroxylation sites is 1. The van der Waals surface area contributed by atoms with Crippen LogP contribution in [0.3, 0.4) is 0 Å². The summed E-state index contributed by atoms with van der Waals surface area (Å²) in [4.78, 5) is 12.7. The van der Waals surface area contributed by atoms with Gasteiger partial charge >= 0.3 is 0 Å². The van der Waals surface area contributed by atoms with Gasteiger partial charge in [0.1, 0.15) is 24.7 Å². The van der Waals surface area contributed by atoms with Crippen molar-refractivity contribution in [3.63, 3.8) is 0 Å². The summed E-state index contributed by atoms with van der Waals surface area (Å²) in [5.74, 6) is 0.945. The second-order valence-corrected chi connectivity index (χ2v) is 8.85. The first kappa shape index (κ1) is 23.1. The zero-order chi connectivity index (χ0) is 23.0. The minimum Gasteiger partial charge on any atom is -0.497 e. The fourth-order valence-electron chi connectivity index (χ4n) is 3.08. The number of hydrogen-bond acceptors (Lipinski definition) is 5. The highest BCUT2D eigenvalue weighted by atomic mass is 32.2. The highest BCUT2D eigenvalue weighted by Gasteiger charge is 2.27. The molecule has 0 fully saturated rings. The van der Waals surface area contributed by atoms with E-state index in [9.17, 15) is 13.2 Å². The van der Waals surface area contributed by atoms with Crippen molar-refractivity contribution in [2.24, 2.45) is 0 Å². The Morgan fingerprint density at radius 1 is 0.906 bits per heavy atom. The molecular formula is C24H26N2O5S. The van der Waals surface area contributed by atoms with Gasteiger partial charge < -0.3 is 14.8 Å². The van der Waals surface area contributed by atoms with Crippen molar-refractivity contribution in [2.45, 2.75) is 11.8 Å². The molecule has 1 amide bonds.